The number of alkyl carbamates (subject to hydrolysis) is 1. The zero-order chi connectivity index (χ0) is 29.0. The highest BCUT2D eigenvalue weighted by atomic mass is 16.6. The Labute approximate surface area is 229 Å². The minimum Gasteiger partial charge on any atom is -0.444 e. The molecule has 0 heterocycles. The predicted octanol–water partition coefficient (Wildman–Crippen LogP) is 2.67. The van der Waals surface area contributed by atoms with Crippen LogP contribution in [0, 0.1) is 0 Å². The summed E-state index contributed by atoms with van der Waals surface area (Å²) in [7, 11) is 0. The summed E-state index contributed by atoms with van der Waals surface area (Å²) in [5.74, 6) is -1.84. The van der Waals surface area contributed by atoms with Crippen LogP contribution >= 0.6 is 0 Å². The van der Waals surface area contributed by atoms with Gasteiger partial charge in [0.05, 0.1) is 6.61 Å². The monoisotopic (exact) mass is 538 g/mol. The van der Waals surface area contributed by atoms with Gasteiger partial charge in [-0.1, -0.05) is 61.2 Å². The van der Waals surface area contributed by atoms with Crippen molar-refractivity contribution in [2.45, 2.75) is 57.8 Å². The van der Waals surface area contributed by atoms with E-state index in [1.807, 2.05) is 30.3 Å². The molecule has 0 saturated heterocycles. The third-order valence-electron chi connectivity index (χ3n) is 5.62. The van der Waals surface area contributed by atoms with Gasteiger partial charge in [0.2, 0.25) is 17.7 Å². The van der Waals surface area contributed by atoms with Crippen molar-refractivity contribution in [3.8, 4) is 0 Å². The number of rotatable bonds is 13. The number of hydrogen-bond donors (Lipinski definition) is 4. The summed E-state index contributed by atoms with van der Waals surface area (Å²) >= 11 is 0. The topological polar surface area (TPSA) is 151 Å². The lowest BCUT2D eigenvalue weighted by Gasteiger charge is -2.34. The van der Waals surface area contributed by atoms with Crippen LogP contribution in [0.4, 0.5) is 4.79 Å². The number of hydrogen-bond acceptors (Lipinski definition) is 6. The number of aliphatic hydroxyl groups excluding tert-OH is 1. The van der Waals surface area contributed by atoms with Gasteiger partial charge in [0.1, 0.15) is 17.7 Å². The standard InChI is InChI=1S/C29H38N4O6/c1-5-20-12-9-13-22(18-20)25(26(36)31-19-21-10-7-6-8-11-21)33(16-17-34)27(37)23(14-15-24(30)35)32-28(38)39-29(2,3)4/h5-13,18,23,25,34H,1,14-17,19H2,2-4H3,(H2,30,35)(H,31,36)(H,32,38). The number of aliphatic hydroxyl groups is 1. The number of amides is 4. The van der Waals surface area contributed by atoms with Gasteiger partial charge in [0, 0.05) is 19.5 Å². The van der Waals surface area contributed by atoms with Gasteiger partial charge in [0.25, 0.3) is 0 Å². The fraction of sp³-hybridized carbons (Fsp3) is 0.379. The number of ether oxygens (including phenoxy) is 1. The molecule has 210 valence electrons. The molecule has 2 rings (SSSR count). The molecular formula is C29H38N4O6. The second-order valence-corrected chi connectivity index (χ2v) is 9.94. The van der Waals surface area contributed by atoms with Crippen molar-refractivity contribution in [1.29, 1.82) is 0 Å². The maximum Gasteiger partial charge on any atom is 0.408 e. The maximum absolute atomic E-state index is 13.9. The van der Waals surface area contributed by atoms with Gasteiger partial charge < -0.3 is 31.1 Å². The summed E-state index contributed by atoms with van der Waals surface area (Å²) in [6.45, 7) is 8.32. The third kappa shape index (κ3) is 10.2. The average molecular weight is 539 g/mol. The lowest BCUT2D eigenvalue weighted by atomic mass is 9.99. The smallest absolute Gasteiger partial charge is 0.408 e. The molecule has 0 spiro atoms. The summed E-state index contributed by atoms with van der Waals surface area (Å²) in [5, 5.41) is 15.2. The van der Waals surface area contributed by atoms with Crippen molar-refractivity contribution in [2.75, 3.05) is 13.2 Å². The van der Waals surface area contributed by atoms with Crippen LogP contribution in [-0.2, 0) is 25.7 Å². The number of carbonyl (C=O) groups is 4. The van der Waals surface area contributed by atoms with Crippen LogP contribution in [0.1, 0.15) is 56.3 Å². The van der Waals surface area contributed by atoms with Crippen molar-refractivity contribution in [3.05, 3.63) is 77.9 Å². The minimum atomic E-state index is -1.24. The summed E-state index contributed by atoms with van der Waals surface area (Å²) in [5.41, 5.74) is 6.53. The molecule has 2 aromatic carbocycles. The largest absolute Gasteiger partial charge is 0.444 e. The van der Waals surface area contributed by atoms with Gasteiger partial charge in [-0.2, -0.15) is 0 Å². The van der Waals surface area contributed by atoms with Crippen molar-refractivity contribution in [3.63, 3.8) is 0 Å². The predicted molar refractivity (Wildman–Crippen MR) is 148 cm³/mol. The van der Waals surface area contributed by atoms with Crippen molar-refractivity contribution < 1.29 is 29.0 Å². The van der Waals surface area contributed by atoms with E-state index in [0.29, 0.717) is 5.56 Å². The van der Waals surface area contributed by atoms with E-state index in [1.54, 1.807) is 51.1 Å². The lowest BCUT2D eigenvalue weighted by Crippen LogP contribution is -2.53. The molecule has 0 fully saturated rings. The Morgan fingerprint density at radius 3 is 2.38 bits per heavy atom. The second kappa shape index (κ2) is 14.7. The molecule has 10 heteroatoms. The van der Waals surface area contributed by atoms with Gasteiger partial charge in [-0.25, -0.2) is 4.79 Å². The van der Waals surface area contributed by atoms with Crippen molar-refractivity contribution >= 4 is 29.9 Å². The molecule has 0 bridgehead atoms. The zero-order valence-corrected chi connectivity index (χ0v) is 22.7. The van der Waals surface area contributed by atoms with Crippen LogP contribution in [0.25, 0.3) is 6.08 Å². The molecule has 2 aromatic rings. The van der Waals surface area contributed by atoms with Crippen molar-refractivity contribution in [2.24, 2.45) is 5.73 Å². The van der Waals surface area contributed by atoms with Crippen LogP contribution in [0.15, 0.2) is 61.2 Å². The first kappa shape index (κ1) is 31.0. The number of nitrogens with one attached hydrogen (secondary N) is 2. The maximum atomic E-state index is 13.9. The average Bonchev–Trinajstić information content (AvgIpc) is 2.88. The van der Waals surface area contributed by atoms with E-state index in [2.05, 4.69) is 17.2 Å². The van der Waals surface area contributed by atoms with Gasteiger partial charge in [-0.3, -0.25) is 14.4 Å². The first-order chi connectivity index (χ1) is 18.4. The summed E-state index contributed by atoms with van der Waals surface area (Å²) < 4.78 is 5.30. The first-order valence-corrected chi connectivity index (χ1v) is 12.7. The molecule has 39 heavy (non-hydrogen) atoms. The third-order valence-corrected chi connectivity index (χ3v) is 5.62. The highest BCUT2D eigenvalue weighted by molar-refractivity contribution is 5.92. The fourth-order valence-corrected chi connectivity index (χ4v) is 3.88. The van der Waals surface area contributed by atoms with Crippen LogP contribution in [0.2, 0.25) is 0 Å². The van der Waals surface area contributed by atoms with Gasteiger partial charge in [0.15, 0.2) is 0 Å². The number of nitrogens with zero attached hydrogens (tertiary/aromatic N) is 1. The summed E-state index contributed by atoms with van der Waals surface area (Å²) in [6.07, 6.45) is 0.421. The van der Waals surface area contributed by atoms with Gasteiger partial charge in [-0.15, -0.1) is 0 Å². The van der Waals surface area contributed by atoms with Crippen LogP contribution in [-0.4, -0.2) is 58.6 Å². The molecule has 0 aliphatic carbocycles. The zero-order valence-electron chi connectivity index (χ0n) is 22.7. The molecule has 4 amide bonds. The first-order valence-electron chi connectivity index (χ1n) is 12.7. The Morgan fingerprint density at radius 2 is 1.79 bits per heavy atom. The normalized spacial score (nSPS) is 12.5. The highest BCUT2D eigenvalue weighted by Crippen LogP contribution is 2.25. The number of benzene rings is 2. The van der Waals surface area contributed by atoms with E-state index >= 15 is 0 Å². The molecule has 0 aliphatic heterocycles. The fourth-order valence-electron chi connectivity index (χ4n) is 3.88. The lowest BCUT2D eigenvalue weighted by molar-refractivity contribution is -0.143. The Balaban J connectivity index is 2.47. The molecule has 0 radical (unpaired) electrons. The Hall–Kier alpha value is -4.18. The molecule has 0 aliphatic rings. The molecule has 5 N–H and O–H groups in total. The van der Waals surface area contributed by atoms with E-state index in [9.17, 15) is 24.3 Å². The number of carbonyl (C=O) groups excluding carboxylic acids is 4. The Morgan fingerprint density at radius 1 is 1.10 bits per heavy atom. The van der Waals surface area contributed by atoms with E-state index in [0.717, 1.165) is 11.1 Å². The quantitative estimate of drug-likeness (QED) is 0.308. The van der Waals surface area contributed by atoms with E-state index in [-0.39, 0.29) is 25.9 Å². The van der Waals surface area contributed by atoms with Gasteiger partial charge in [-0.05, 0) is 49.9 Å². The van der Waals surface area contributed by atoms with Gasteiger partial charge >= 0.3 is 6.09 Å². The second-order valence-electron chi connectivity index (χ2n) is 9.94. The van der Waals surface area contributed by atoms with Crippen LogP contribution in [0.5, 0.6) is 0 Å². The van der Waals surface area contributed by atoms with Crippen molar-refractivity contribution in [1.82, 2.24) is 15.5 Å². The van der Waals surface area contributed by atoms with E-state index in [1.165, 1.54) is 4.90 Å². The Kier molecular flexibility index (Phi) is 11.7. The molecule has 2 atom stereocenters. The Bertz CT molecular complexity index is 1150. The molecule has 0 aromatic heterocycles. The highest BCUT2D eigenvalue weighted by Gasteiger charge is 2.36. The molecule has 2 unspecified atom stereocenters. The number of nitrogens with two attached hydrogens (primary N) is 1. The van der Waals surface area contributed by atoms with Crippen LogP contribution in [0.3, 0.4) is 0 Å². The number of primary amides is 1. The minimum absolute atomic E-state index is 0.125. The van der Waals surface area contributed by atoms with E-state index < -0.39 is 48.1 Å². The molecule has 10 nitrogen and oxygen atoms in total. The molecular weight excluding hydrogens is 500 g/mol. The SMILES string of the molecule is C=Cc1cccc(C(C(=O)NCc2ccccc2)N(CCO)C(=O)C(CCC(N)=O)NC(=O)OC(C)(C)C)c1. The van der Waals surface area contributed by atoms with E-state index in [4.69, 9.17) is 10.5 Å². The summed E-state index contributed by atoms with van der Waals surface area (Å²) in [4.78, 5) is 52.8. The summed E-state index contributed by atoms with van der Waals surface area (Å²) in [6, 6.07) is 13.8. The van der Waals surface area contributed by atoms with Crippen LogP contribution < -0.4 is 16.4 Å². The molecule has 0 saturated carbocycles.